The van der Waals surface area contributed by atoms with Gasteiger partial charge in [0.05, 0.1) is 24.4 Å². The Bertz CT molecular complexity index is 363. The second-order valence-electron chi connectivity index (χ2n) is 4.17. The smallest absolute Gasteiger partial charge is 0.309 e. The van der Waals surface area contributed by atoms with Crippen LogP contribution in [0.1, 0.15) is 26.2 Å². The van der Waals surface area contributed by atoms with Crippen molar-refractivity contribution in [3.8, 4) is 0 Å². The Kier molecular flexibility index (Phi) is 4.91. The van der Waals surface area contributed by atoms with Crippen molar-refractivity contribution in [1.82, 2.24) is 0 Å². The van der Waals surface area contributed by atoms with Gasteiger partial charge in [0.15, 0.2) is 0 Å². The van der Waals surface area contributed by atoms with Crippen LogP contribution in [0, 0.1) is 5.92 Å². The topological polar surface area (TPSA) is 89.9 Å². The molecule has 7 heteroatoms. The fraction of sp³-hybridized carbons (Fsp3) is 0.900. The largest absolute Gasteiger partial charge is 0.481 e. The molecule has 0 spiro atoms. The lowest BCUT2D eigenvalue weighted by molar-refractivity contribution is -0.151. The normalized spacial score (nSPS) is 30.1. The number of hydrogen-bond acceptors (Lipinski definition) is 5. The average Bonchev–Trinajstić information content (AvgIpc) is 2.15. The zero-order valence-electron chi connectivity index (χ0n) is 9.96. The summed E-state index contributed by atoms with van der Waals surface area (Å²) in [6, 6.07) is 0. The van der Waals surface area contributed by atoms with E-state index in [1.807, 2.05) is 0 Å². The summed E-state index contributed by atoms with van der Waals surface area (Å²) in [6.07, 6.45) is 1.15. The molecule has 1 aliphatic carbocycles. The highest BCUT2D eigenvalue weighted by Gasteiger charge is 2.37. The van der Waals surface area contributed by atoms with E-state index in [1.165, 1.54) is 0 Å². The van der Waals surface area contributed by atoms with Gasteiger partial charge in [0.2, 0.25) is 0 Å². The molecule has 0 amide bonds. The van der Waals surface area contributed by atoms with E-state index in [0.29, 0.717) is 25.9 Å². The molecule has 0 aromatic rings. The first-order valence-electron chi connectivity index (χ1n) is 5.56. The van der Waals surface area contributed by atoms with Crippen LogP contribution in [0.3, 0.4) is 0 Å². The molecule has 0 heterocycles. The van der Waals surface area contributed by atoms with Crippen molar-refractivity contribution in [1.29, 1.82) is 0 Å². The monoisotopic (exact) mass is 266 g/mol. The number of carbonyl (C=O) groups is 1. The molecule has 1 rings (SSSR count). The van der Waals surface area contributed by atoms with Crippen LogP contribution < -0.4 is 0 Å². The SMILES string of the molecule is CCO[C@@H]1C[C@H](OS(C)(=O)=O)CC[C@@H]1C(=O)O. The average molecular weight is 266 g/mol. The first-order valence-corrected chi connectivity index (χ1v) is 7.37. The number of rotatable bonds is 5. The number of carboxylic acid groups (broad SMARTS) is 1. The van der Waals surface area contributed by atoms with Crippen LogP contribution >= 0.6 is 0 Å². The predicted molar refractivity (Wildman–Crippen MR) is 60.1 cm³/mol. The summed E-state index contributed by atoms with van der Waals surface area (Å²) >= 11 is 0. The molecule has 0 aromatic heterocycles. The van der Waals surface area contributed by atoms with Gasteiger partial charge in [-0.3, -0.25) is 8.98 Å². The van der Waals surface area contributed by atoms with Gasteiger partial charge in [0.25, 0.3) is 10.1 Å². The Morgan fingerprint density at radius 2 is 2.06 bits per heavy atom. The van der Waals surface area contributed by atoms with Crippen LogP contribution in [-0.2, 0) is 23.8 Å². The van der Waals surface area contributed by atoms with E-state index in [-0.39, 0.29) is 0 Å². The lowest BCUT2D eigenvalue weighted by Gasteiger charge is -2.32. The lowest BCUT2D eigenvalue weighted by Crippen LogP contribution is -2.40. The molecule has 6 nitrogen and oxygen atoms in total. The van der Waals surface area contributed by atoms with Crippen molar-refractivity contribution in [2.75, 3.05) is 12.9 Å². The van der Waals surface area contributed by atoms with Crippen molar-refractivity contribution >= 4 is 16.1 Å². The first kappa shape index (κ1) is 14.4. The molecule has 100 valence electrons. The molecular weight excluding hydrogens is 248 g/mol. The molecule has 0 bridgehead atoms. The van der Waals surface area contributed by atoms with Crippen molar-refractivity contribution in [3.63, 3.8) is 0 Å². The summed E-state index contributed by atoms with van der Waals surface area (Å²) in [7, 11) is -3.50. The Morgan fingerprint density at radius 3 is 2.53 bits per heavy atom. The molecule has 0 saturated heterocycles. The van der Waals surface area contributed by atoms with E-state index in [9.17, 15) is 13.2 Å². The number of carboxylic acids is 1. The fourth-order valence-electron chi connectivity index (χ4n) is 2.11. The number of ether oxygens (including phenoxy) is 1. The van der Waals surface area contributed by atoms with E-state index in [1.54, 1.807) is 6.92 Å². The molecule has 1 N–H and O–H groups in total. The molecule has 1 fully saturated rings. The van der Waals surface area contributed by atoms with Crippen LogP contribution in [0.15, 0.2) is 0 Å². The van der Waals surface area contributed by atoms with Gasteiger partial charge in [-0.15, -0.1) is 0 Å². The van der Waals surface area contributed by atoms with E-state index in [4.69, 9.17) is 14.0 Å². The van der Waals surface area contributed by atoms with Crippen LogP contribution in [0.5, 0.6) is 0 Å². The minimum absolute atomic E-state index is 0.303. The summed E-state index contributed by atoms with van der Waals surface area (Å²) < 4.78 is 32.2. The zero-order chi connectivity index (χ0) is 13.1. The summed E-state index contributed by atoms with van der Waals surface area (Å²) in [5.74, 6) is -1.48. The van der Waals surface area contributed by atoms with Gasteiger partial charge in [-0.1, -0.05) is 0 Å². The predicted octanol–water partition coefficient (Wildman–Crippen LogP) is 0.621. The maximum atomic E-state index is 11.0. The van der Waals surface area contributed by atoms with Gasteiger partial charge in [-0.25, -0.2) is 0 Å². The van der Waals surface area contributed by atoms with Gasteiger partial charge < -0.3 is 9.84 Å². The van der Waals surface area contributed by atoms with Crippen LogP contribution in [-0.4, -0.2) is 44.6 Å². The van der Waals surface area contributed by atoms with Crippen molar-refractivity contribution < 1.29 is 27.2 Å². The highest BCUT2D eigenvalue weighted by Crippen LogP contribution is 2.29. The molecule has 1 saturated carbocycles. The molecular formula is C10H18O6S. The number of hydrogen-bond donors (Lipinski definition) is 1. The number of aliphatic carboxylic acids is 1. The second kappa shape index (κ2) is 5.79. The third-order valence-electron chi connectivity index (χ3n) is 2.75. The minimum atomic E-state index is -3.50. The third kappa shape index (κ3) is 4.61. The first-order chi connectivity index (χ1) is 7.83. The van der Waals surface area contributed by atoms with Gasteiger partial charge in [-0.2, -0.15) is 8.42 Å². The molecule has 1 aliphatic rings. The Hall–Kier alpha value is -0.660. The Balaban J connectivity index is 2.65. The van der Waals surface area contributed by atoms with E-state index in [0.717, 1.165) is 6.26 Å². The van der Waals surface area contributed by atoms with E-state index >= 15 is 0 Å². The van der Waals surface area contributed by atoms with Gasteiger partial charge in [0, 0.05) is 13.0 Å². The Morgan fingerprint density at radius 1 is 1.41 bits per heavy atom. The fourth-order valence-corrected chi connectivity index (χ4v) is 2.78. The van der Waals surface area contributed by atoms with Crippen LogP contribution in [0.4, 0.5) is 0 Å². The minimum Gasteiger partial charge on any atom is -0.481 e. The van der Waals surface area contributed by atoms with Crippen LogP contribution in [0.25, 0.3) is 0 Å². The quantitative estimate of drug-likeness (QED) is 0.734. The summed E-state index contributed by atoms with van der Waals surface area (Å²) in [4.78, 5) is 11.0. The molecule has 17 heavy (non-hydrogen) atoms. The summed E-state index contributed by atoms with van der Waals surface area (Å²) in [5.41, 5.74) is 0. The van der Waals surface area contributed by atoms with Gasteiger partial charge >= 0.3 is 5.97 Å². The second-order valence-corrected chi connectivity index (χ2v) is 5.77. The zero-order valence-corrected chi connectivity index (χ0v) is 10.8. The lowest BCUT2D eigenvalue weighted by atomic mass is 9.85. The third-order valence-corrected chi connectivity index (χ3v) is 3.37. The van der Waals surface area contributed by atoms with E-state index < -0.39 is 34.2 Å². The van der Waals surface area contributed by atoms with E-state index in [2.05, 4.69) is 0 Å². The Labute approximate surface area is 101 Å². The molecule has 0 aromatic carbocycles. The highest BCUT2D eigenvalue weighted by atomic mass is 32.2. The summed E-state index contributed by atoms with van der Waals surface area (Å²) in [6.45, 7) is 2.18. The molecule has 0 radical (unpaired) electrons. The maximum Gasteiger partial charge on any atom is 0.309 e. The molecule has 3 atom stereocenters. The molecule has 0 unspecified atom stereocenters. The summed E-state index contributed by atoms with van der Waals surface area (Å²) in [5, 5.41) is 9.02. The van der Waals surface area contributed by atoms with Crippen molar-refractivity contribution in [2.45, 2.75) is 38.4 Å². The maximum absolute atomic E-state index is 11.0. The van der Waals surface area contributed by atoms with Crippen molar-refractivity contribution in [3.05, 3.63) is 0 Å². The van der Waals surface area contributed by atoms with Gasteiger partial charge in [-0.05, 0) is 19.8 Å². The standard InChI is InChI=1S/C10H18O6S/c1-3-15-9-6-7(16-17(2,13)14)4-5-8(9)10(11)12/h7-9H,3-6H2,1-2H3,(H,11,12)/t7-,8+,9-/m1/s1. The molecule has 0 aliphatic heterocycles. The van der Waals surface area contributed by atoms with Crippen molar-refractivity contribution in [2.24, 2.45) is 5.92 Å². The highest BCUT2D eigenvalue weighted by molar-refractivity contribution is 7.86. The van der Waals surface area contributed by atoms with Gasteiger partial charge in [0.1, 0.15) is 0 Å². The van der Waals surface area contributed by atoms with Crippen LogP contribution in [0.2, 0.25) is 0 Å².